The van der Waals surface area contributed by atoms with Crippen LogP contribution in [0.4, 0.5) is 0 Å². The number of carbonyl (C=O) groups is 1. The number of carbonyl (C=O) groups excluding carboxylic acids is 1. The van der Waals surface area contributed by atoms with Crippen molar-refractivity contribution in [3.05, 3.63) is 23.5 Å². The van der Waals surface area contributed by atoms with Crippen LogP contribution in [0, 0.1) is 34.0 Å². The van der Waals surface area contributed by atoms with E-state index in [0.717, 1.165) is 31.3 Å². The lowest BCUT2D eigenvalue weighted by molar-refractivity contribution is -0.137. The van der Waals surface area contributed by atoms with Crippen LogP contribution in [0.5, 0.6) is 0 Å². The first-order valence-electron chi connectivity index (χ1n) is 10.8. The molecule has 0 radical (unpaired) electrons. The van der Waals surface area contributed by atoms with Gasteiger partial charge in [-0.15, -0.1) is 0 Å². The summed E-state index contributed by atoms with van der Waals surface area (Å²) >= 11 is 0. The minimum Gasteiger partial charge on any atom is -0.498 e. The van der Waals surface area contributed by atoms with Crippen LogP contribution in [0.3, 0.4) is 0 Å². The molecule has 0 amide bonds. The van der Waals surface area contributed by atoms with Gasteiger partial charge in [-0.1, -0.05) is 26.8 Å². The number of ketones is 1. The van der Waals surface area contributed by atoms with Crippen LogP contribution in [0.2, 0.25) is 0 Å². The first-order valence-corrected chi connectivity index (χ1v) is 10.8. The molecule has 0 aromatic rings. The first-order chi connectivity index (χ1) is 12.3. The third-order valence-corrected chi connectivity index (χ3v) is 9.44. The summed E-state index contributed by atoms with van der Waals surface area (Å²) in [5.41, 5.74) is 1.93. The maximum atomic E-state index is 12.5. The number of fused-ring (bicyclic) bond motifs is 5. The Morgan fingerprint density at radius 3 is 2.58 bits per heavy atom. The molecule has 0 aliphatic heterocycles. The second kappa shape index (κ2) is 5.97. The van der Waals surface area contributed by atoms with E-state index in [2.05, 4.69) is 39.8 Å². The maximum absolute atomic E-state index is 12.5. The summed E-state index contributed by atoms with van der Waals surface area (Å²) in [6.07, 6.45) is 13.2. The van der Waals surface area contributed by atoms with Crippen molar-refractivity contribution in [1.29, 1.82) is 0 Å². The average molecular weight is 357 g/mol. The van der Waals surface area contributed by atoms with Gasteiger partial charge in [0, 0.05) is 11.8 Å². The predicted molar refractivity (Wildman–Crippen MR) is 106 cm³/mol. The predicted octanol–water partition coefficient (Wildman–Crippen LogP) is 6.07. The van der Waals surface area contributed by atoms with E-state index in [1.54, 1.807) is 0 Å². The zero-order valence-corrected chi connectivity index (χ0v) is 17.4. The highest BCUT2D eigenvalue weighted by Crippen LogP contribution is 2.69. The Kier molecular flexibility index (Phi) is 4.21. The van der Waals surface area contributed by atoms with E-state index in [4.69, 9.17) is 4.74 Å². The lowest BCUT2D eigenvalue weighted by Gasteiger charge is -2.58. The number of ether oxygens (including phenoxy) is 1. The number of Topliss-reactive ketones (excluding diaryl/α,β-unsaturated/α-hetero) is 1. The Morgan fingerprint density at radius 1 is 1.15 bits per heavy atom. The number of hydrogen-bond acceptors (Lipinski definition) is 2. The van der Waals surface area contributed by atoms with Crippen LogP contribution in [-0.2, 0) is 9.53 Å². The van der Waals surface area contributed by atoms with Crippen LogP contribution in [0.25, 0.3) is 0 Å². The molecule has 0 bridgehead atoms. The van der Waals surface area contributed by atoms with Gasteiger partial charge in [0.25, 0.3) is 0 Å². The summed E-state index contributed by atoms with van der Waals surface area (Å²) in [4.78, 5) is 12.5. The maximum Gasteiger partial charge on any atom is 0.136 e. The van der Waals surface area contributed by atoms with Gasteiger partial charge in [0.15, 0.2) is 0 Å². The standard InChI is InChI=1S/C24H36O2/c1-6-26-18-9-12-22(3)17(15-18)7-8-19-20(22)10-14-24(5)21(19)11-13-23(24,4)16(2)25/h7,15,19-21H,6,8-14H2,1-5H3/t19-,20+,21+,22+,23-,24+/m1/s1. The summed E-state index contributed by atoms with van der Waals surface area (Å²) in [6, 6.07) is 0. The van der Waals surface area contributed by atoms with Crippen LogP contribution >= 0.6 is 0 Å². The van der Waals surface area contributed by atoms with Crippen LogP contribution in [0.1, 0.15) is 79.6 Å². The minimum absolute atomic E-state index is 0.109. The third-order valence-electron chi connectivity index (χ3n) is 9.44. The first kappa shape index (κ1) is 18.3. The monoisotopic (exact) mass is 356 g/mol. The molecule has 0 N–H and O–H groups in total. The molecule has 4 aliphatic carbocycles. The van der Waals surface area contributed by atoms with E-state index in [9.17, 15) is 4.79 Å². The second-order valence-corrected chi connectivity index (χ2v) is 10.1. The van der Waals surface area contributed by atoms with E-state index in [-0.39, 0.29) is 10.8 Å². The van der Waals surface area contributed by atoms with Crippen LogP contribution in [-0.4, -0.2) is 12.4 Å². The summed E-state index contributed by atoms with van der Waals surface area (Å²) < 4.78 is 5.83. The van der Waals surface area contributed by atoms with Gasteiger partial charge in [0.1, 0.15) is 5.78 Å². The lowest BCUT2D eigenvalue weighted by atomic mass is 9.46. The minimum atomic E-state index is -0.109. The van der Waals surface area contributed by atoms with E-state index >= 15 is 0 Å². The molecular weight excluding hydrogens is 320 g/mol. The quantitative estimate of drug-likeness (QED) is 0.613. The van der Waals surface area contributed by atoms with Gasteiger partial charge in [-0.05, 0) is 92.6 Å². The fourth-order valence-electron chi connectivity index (χ4n) is 7.44. The van der Waals surface area contributed by atoms with Gasteiger partial charge in [0.05, 0.1) is 12.4 Å². The van der Waals surface area contributed by atoms with Crippen LogP contribution in [0.15, 0.2) is 23.5 Å². The normalized spacial score (nSPS) is 47.2. The summed E-state index contributed by atoms with van der Waals surface area (Å²) in [7, 11) is 0. The fraction of sp³-hybridized carbons (Fsp3) is 0.792. The van der Waals surface area contributed by atoms with Crippen molar-refractivity contribution in [3.8, 4) is 0 Å². The number of allylic oxidation sites excluding steroid dienone is 4. The number of rotatable bonds is 3. The highest BCUT2D eigenvalue weighted by molar-refractivity contribution is 5.83. The van der Waals surface area contributed by atoms with Crippen molar-refractivity contribution in [3.63, 3.8) is 0 Å². The SMILES string of the molecule is CCOC1=CC2=CC[C@@H]3[C@H](CC[C@@]4(C)[C@H]3CC[C@]4(C)C(C)=O)[C@@]2(C)CC1. The molecule has 2 fully saturated rings. The van der Waals surface area contributed by atoms with E-state index in [0.29, 0.717) is 17.1 Å². The summed E-state index contributed by atoms with van der Waals surface area (Å²) in [5.74, 6) is 3.84. The van der Waals surface area contributed by atoms with Crippen molar-refractivity contribution >= 4 is 5.78 Å². The molecule has 0 aromatic carbocycles. The molecule has 2 saturated carbocycles. The highest BCUT2D eigenvalue weighted by atomic mass is 16.5. The zero-order chi connectivity index (χ0) is 18.7. The Bertz CT molecular complexity index is 674. The lowest BCUT2D eigenvalue weighted by Crippen LogP contribution is -2.52. The number of hydrogen-bond donors (Lipinski definition) is 0. The molecule has 4 rings (SSSR count). The smallest absolute Gasteiger partial charge is 0.136 e. The largest absolute Gasteiger partial charge is 0.498 e. The third kappa shape index (κ3) is 2.26. The van der Waals surface area contributed by atoms with Crippen molar-refractivity contribution < 1.29 is 9.53 Å². The van der Waals surface area contributed by atoms with Gasteiger partial charge in [-0.25, -0.2) is 0 Å². The molecule has 0 heterocycles. The topological polar surface area (TPSA) is 26.3 Å². The molecule has 0 aromatic heterocycles. The Balaban J connectivity index is 1.67. The molecule has 0 spiro atoms. The Hall–Kier alpha value is -1.05. The summed E-state index contributed by atoms with van der Waals surface area (Å²) in [6.45, 7) is 11.9. The van der Waals surface area contributed by atoms with E-state index < -0.39 is 0 Å². The van der Waals surface area contributed by atoms with Gasteiger partial charge >= 0.3 is 0 Å². The molecule has 6 atom stereocenters. The van der Waals surface area contributed by atoms with Crippen LogP contribution < -0.4 is 0 Å². The zero-order valence-electron chi connectivity index (χ0n) is 17.4. The van der Waals surface area contributed by atoms with Gasteiger partial charge in [-0.3, -0.25) is 4.79 Å². The van der Waals surface area contributed by atoms with E-state index in [1.165, 1.54) is 43.4 Å². The molecule has 4 aliphatic rings. The molecule has 2 heteroatoms. The molecule has 144 valence electrons. The summed E-state index contributed by atoms with van der Waals surface area (Å²) in [5, 5.41) is 0. The highest BCUT2D eigenvalue weighted by Gasteiger charge is 2.63. The molecule has 0 saturated heterocycles. The second-order valence-electron chi connectivity index (χ2n) is 10.1. The van der Waals surface area contributed by atoms with Crippen molar-refractivity contribution in [2.45, 2.75) is 79.6 Å². The van der Waals surface area contributed by atoms with Crippen molar-refractivity contribution in [2.75, 3.05) is 6.61 Å². The van der Waals surface area contributed by atoms with Gasteiger partial charge < -0.3 is 4.74 Å². The van der Waals surface area contributed by atoms with Gasteiger partial charge in [-0.2, -0.15) is 0 Å². The van der Waals surface area contributed by atoms with E-state index in [1.807, 2.05) is 6.92 Å². The average Bonchev–Trinajstić information content (AvgIpc) is 2.88. The Morgan fingerprint density at radius 2 is 1.88 bits per heavy atom. The van der Waals surface area contributed by atoms with Crippen molar-refractivity contribution in [2.24, 2.45) is 34.0 Å². The van der Waals surface area contributed by atoms with Gasteiger partial charge in [0.2, 0.25) is 0 Å². The fourth-order valence-corrected chi connectivity index (χ4v) is 7.44. The molecule has 26 heavy (non-hydrogen) atoms. The molecule has 2 nitrogen and oxygen atoms in total. The Labute approximate surface area is 159 Å². The molecule has 0 unspecified atom stereocenters. The van der Waals surface area contributed by atoms with Crippen molar-refractivity contribution in [1.82, 2.24) is 0 Å². The molecular formula is C24H36O2.